The summed E-state index contributed by atoms with van der Waals surface area (Å²) in [7, 11) is 2.44. The van der Waals surface area contributed by atoms with E-state index in [4.69, 9.17) is 25.8 Å². The molecule has 0 aromatic heterocycles. The van der Waals surface area contributed by atoms with Crippen LogP contribution in [0.3, 0.4) is 0 Å². The van der Waals surface area contributed by atoms with E-state index < -0.39 is 11.9 Å². The second-order valence-corrected chi connectivity index (χ2v) is 6.73. The molecule has 0 aliphatic carbocycles. The van der Waals surface area contributed by atoms with E-state index in [2.05, 4.69) is 0 Å². The van der Waals surface area contributed by atoms with Crippen molar-refractivity contribution in [2.75, 3.05) is 32.5 Å². The van der Waals surface area contributed by atoms with Gasteiger partial charge < -0.3 is 24.2 Å². The van der Waals surface area contributed by atoms with Gasteiger partial charge in [-0.05, 0) is 18.6 Å². The number of ether oxygens (including phenoxy) is 3. The summed E-state index contributed by atoms with van der Waals surface area (Å²) in [4.78, 5) is 26.3. The summed E-state index contributed by atoms with van der Waals surface area (Å²) in [6.07, 6.45) is 0. The summed E-state index contributed by atoms with van der Waals surface area (Å²) < 4.78 is 15.2. The van der Waals surface area contributed by atoms with Crippen molar-refractivity contribution in [1.82, 2.24) is 0 Å². The number of methoxy groups -OCH3 is 2. The van der Waals surface area contributed by atoms with Gasteiger partial charge in [0.25, 0.3) is 0 Å². The van der Waals surface area contributed by atoms with Crippen LogP contribution < -0.4 is 4.90 Å². The van der Waals surface area contributed by atoms with Crippen molar-refractivity contribution in [3.8, 4) is 16.9 Å². The Morgan fingerprint density at radius 3 is 2.41 bits per heavy atom. The minimum Gasteiger partial charge on any atom is -0.507 e. The molecule has 0 unspecified atom stereocenters. The number of halogens is 1. The zero-order valence-electron chi connectivity index (χ0n) is 16.2. The standard InChI is InChI=1S/C21H20ClNO6/c1-12-6-4-8-14(19(12)24)13-7-5-9-16(22)17(13)23-11-29-10-15(20(25)27-2)18(23)21(26)28-3/h4-9,24H,10-11H2,1-3H3. The van der Waals surface area contributed by atoms with E-state index >= 15 is 0 Å². The molecule has 3 rings (SSSR count). The van der Waals surface area contributed by atoms with Gasteiger partial charge >= 0.3 is 11.9 Å². The number of phenols is 1. The number of esters is 2. The molecular formula is C21H20ClNO6. The maximum absolute atomic E-state index is 12.6. The van der Waals surface area contributed by atoms with Crippen molar-refractivity contribution >= 4 is 29.2 Å². The molecule has 1 N–H and O–H groups in total. The van der Waals surface area contributed by atoms with E-state index in [1.54, 1.807) is 43.3 Å². The van der Waals surface area contributed by atoms with Crippen LogP contribution in [-0.4, -0.2) is 44.6 Å². The van der Waals surface area contributed by atoms with Crippen molar-refractivity contribution in [3.63, 3.8) is 0 Å². The maximum atomic E-state index is 12.6. The molecule has 8 heteroatoms. The number of hydrogen-bond donors (Lipinski definition) is 1. The van der Waals surface area contributed by atoms with Gasteiger partial charge in [0.1, 0.15) is 18.2 Å². The molecule has 2 aromatic rings. The molecule has 0 radical (unpaired) electrons. The molecule has 0 spiro atoms. The number of hydrogen-bond acceptors (Lipinski definition) is 7. The summed E-state index contributed by atoms with van der Waals surface area (Å²) in [5.74, 6) is -1.35. The van der Waals surface area contributed by atoms with Crippen molar-refractivity contribution in [1.29, 1.82) is 0 Å². The van der Waals surface area contributed by atoms with Crippen LogP contribution in [0.4, 0.5) is 5.69 Å². The lowest BCUT2D eigenvalue weighted by atomic mass is 9.99. The predicted molar refractivity (Wildman–Crippen MR) is 108 cm³/mol. The molecule has 1 aliphatic rings. The molecule has 0 fully saturated rings. The molecule has 0 saturated heterocycles. The van der Waals surface area contributed by atoms with E-state index in [0.717, 1.165) is 0 Å². The van der Waals surface area contributed by atoms with Crippen LogP contribution in [0.5, 0.6) is 5.75 Å². The van der Waals surface area contributed by atoms with Gasteiger partial charge in [0.15, 0.2) is 0 Å². The Morgan fingerprint density at radius 2 is 1.72 bits per heavy atom. The molecule has 0 amide bonds. The molecule has 1 heterocycles. The van der Waals surface area contributed by atoms with Crippen LogP contribution in [0.2, 0.25) is 5.02 Å². The van der Waals surface area contributed by atoms with E-state index in [0.29, 0.717) is 27.4 Å². The van der Waals surface area contributed by atoms with Gasteiger partial charge in [-0.3, -0.25) is 0 Å². The van der Waals surface area contributed by atoms with Crippen molar-refractivity contribution in [3.05, 3.63) is 58.3 Å². The van der Waals surface area contributed by atoms with E-state index in [9.17, 15) is 14.7 Å². The van der Waals surface area contributed by atoms with Crippen molar-refractivity contribution < 1.29 is 28.9 Å². The van der Waals surface area contributed by atoms with E-state index in [1.807, 2.05) is 0 Å². The highest BCUT2D eigenvalue weighted by Gasteiger charge is 2.34. The lowest BCUT2D eigenvalue weighted by molar-refractivity contribution is -0.140. The topological polar surface area (TPSA) is 85.3 Å². The second-order valence-electron chi connectivity index (χ2n) is 6.32. The summed E-state index contributed by atoms with van der Waals surface area (Å²) in [5, 5.41) is 10.9. The number of anilines is 1. The third kappa shape index (κ3) is 3.79. The molecule has 7 nitrogen and oxygen atoms in total. The first-order valence-electron chi connectivity index (χ1n) is 8.73. The molecule has 0 bridgehead atoms. The number of carbonyl (C=O) groups excluding carboxylic acids is 2. The van der Waals surface area contributed by atoms with E-state index in [1.165, 1.54) is 19.1 Å². The Balaban J connectivity index is 2.28. The highest BCUT2D eigenvalue weighted by molar-refractivity contribution is 6.34. The lowest BCUT2D eigenvalue weighted by Crippen LogP contribution is -2.39. The molecule has 0 atom stereocenters. The highest BCUT2D eigenvalue weighted by atomic mass is 35.5. The van der Waals surface area contributed by atoms with Crippen LogP contribution in [0, 0.1) is 6.92 Å². The van der Waals surface area contributed by atoms with Gasteiger partial charge in [0, 0.05) is 11.1 Å². The zero-order chi connectivity index (χ0) is 21.1. The number of phenolic OH excluding ortho intramolecular Hbond substituents is 1. The smallest absolute Gasteiger partial charge is 0.355 e. The van der Waals surface area contributed by atoms with Gasteiger partial charge in [-0.2, -0.15) is 0 Å². The number of nitrogens with zero attached hydrogens (tertiary/aromatic N) is 1. The first kappa shape index (κ1) is 20.7. The fraction of sp³-hybridized carbons (Fsp3) is 0.238. The SMILES string of the molecule is COC(=O)C1=C(C(=O)OC)N(c2c(Cl)cccc2-c2cccc(C)c2O)COC1. The van der Waals surface area contributed by atoms with Crippen LogP contribution in [-0.2, 0) is 23.8 Å². The maximum Gasteiger partial charge on any atom is 0.355 e. The highest BCUT2D eigenvalue weighted by Crippen LogP contribution is 2.43. The average molecular weight is 418 g/mol. The quantitative estimate of drug-likeness (QED) is 0.763. The number of aromatic hydroxyl groups is 1. The summed E-state index contributed by atoms with van der Waals surface area (Å²) >= 11 is 6.51. The number of para-hydroxylation sites is 2. The Bertz CT molecular complexity index is 1000. The zero-order valence-corrected chi connectivity index (χ0v) is 16.9. The molecule has 1 aliphatic heterocycles. The first-order valence-corrected chi connectivity index (χ1v) is 9.11. The number of carbonyl (C=O) groups is 2. The largest absolute Gasteiger partial charge is 0.507 e. The van der Waals surface area contributed by atoms with Crippen LogP contribution in [0.25, 0.3) is 11.1 Å². The predicted octanol–water partition coefficient (Wildman–Crippen LogP) is 3.42. The summed E-state index contributed by atoms with van der Waals surface area (Å²) in [6, 6.07) is 10.5. The summed E-state index contributed by atoms with van der Waals surface area (Å²) in [6.45, 7) is 1.62. The normalized spacial score (nSPS) is 14.0. The van der Waals surface area contributed by atoms with Crippen LogP contribution in [0.15, 0.2) is 47.7 Å². The Morgan fingerprint density at radius 1 is 1.07 bits per heavy atom. The third-order valence-electron chi connectivity index (χ3n) is 4.62. The van der Waals surface area contributed by atoms with Crippen molar-refractivity contribution in [2.24, 2.45) is 0 Å². The molecule has 29 heavy (non-hydrogen) atoms. The minimum absolute atomic E-state index is 0.0185. The number of aryl methyl sites for hydroxylation is 1. The molecule has 152 valence electrons. The fourth-order valence-corrected chi connectivity index (χ4v) is 3.48. The third-order valence-corrected chi connectivity index (χ3v) is 4.92. The van der Waals surface area contributed by atoms with Gasteiger partial charge in [0.2, 0.25) is 0 Å². The fourth-order valence-electron chi connectivity index (χ4n) is 3.20. The molecular weight excluding hydrogens is 398 g/mol. The Kier molecular flexibility index (Phi) is 6.10. The Hall–Kier alpha value is -3.03. The lowest BCUT2D eigenvalue weighted by Gasteiger charge is -2.33. The number of benzene rings is 2. The Labute approximate surface area is 173 Å². The summed E-state index contributed by atoms with van der Waals surface area (Å²) in [5.41, 5.74) is 2.17. The van der Waals surface area contributed by atoms with Gasteiger partial charge in [-0.15, -0.1) is 0 Å². The van der Waals surface area contributed by atoms with Gasteiger partial charge in [-0.25, -0.2) is 9.59 Å². The monoisotopic (exact) mass is 417 g/mol. The second kappa shape index (κ2) is 8.55. The van der Waals surface area contributed by atoms with Crippen LogP contribution in [0.1, 0.15) is 5.56 Å². The van der Waals surface area contributed by atoms with E-state index in [-0.39, 0.29) is 30.4 Å². The average Bonchev–Trinajstić information content (AvgIpc) is 2.74. The minimum atomic E-state index is -0.729. The van der Waals surface area contributed by atoms with Gasteiger partial charge in [-0.1, -0.05) is 41.9 Å². The van der Waals surface area contributed by atoms with Crippen LogP contribution >= 0.6 is 11.6 Å². The molecule has 0 saturated carbocycles. The van der Waals surface area contributed by atoms with Gasteiger partial charge in [0.05, 0.1) is 37.1 Å². The molecule has 2 aromatic carbocycles. The number of rotatable bonds is 4. The first-order chi connectivity index (χ1) is 13.9. The van der Waals surface area contributed by atoms with Crippen molar-refractivity contribution in [2.45, 2.75) is 6.92 Å².